The quantitative estimate of drug-likeness (QED) is 0.383. The minimum absolute atomic E-state index is 0.00454. The average molecular weight is 460 g/mol. The molecule has 0 aliphatic rings. The molecule has 1 heterocycles. The molecule has 1 atom stereocenters. The highest BCUT2D eigenvalue weighted by atomic mass is 19.1. The van der Waals surface area contributed by atoms with E-state index in [0.717, 1.165) is 16.2 Å². The average Bonchev–Trinajstić information content (AvgIpc) is 2.83. The number of nitrogens with zero attached hydrogens (tertiary/aromatic N) is 1. The van der Waals surface area contributed by atoms with Crippen molar-refractivity contribution in [2.24, 2.45) is 0 Å². The summed E-state index contributed by atoms with van der Waals surface area (Å²) in [6, 6.07) is 14.5. The van der Waals surface area contributed by atoms with E-state index in [1.165, 1.54) is 37.4 Å². The number of nitrogens with one attached hydrogen (secondary N) is 3. The van der Waals surface area contributed by atoms with Crippen LogP contribution in [0.3, 0.4) is 0 Å². The molecular weight excluding hydrogens is 439 g/mol. The summed E-state index contributed by atoms with van der Waals surface area (Å²) < 4.78 is 15.0. The van der Waals surface area contributed by atoms with Gasteiger partial charge in [0.05, 0.1) is 22.3 Å². The Bertz CT molecular complexity index is 1520. The number of hydrogen-bond acceptors (Lipinski definition) is 5. The number of aromatic amines is 1. The summed E-state index contributed by atoms with van der Waals surface area (Å²) in [7, 11) is 1.53. The van der Waals surface area contributed by atoms with Gasteiger partial charge in [-0.3, -0.25) is 9.59 Å². The summed E-state index contributed by atoms with van der Waals surface area (Å²) in [5.74, 6) is -1.12. The highest BCUT2D eigenvalue weighted by molar-refractivity contribution is 5.96. The molecule has 1 amide bonds. The zero-order valence-electron chi connectivity index (χ0n) is 18.4. The second-order valence-electron chi connectivity index (χ2n) is 7.75. The molecule has 0 saturated heterocycles. The van der Waals surface area contributed by atoms with Crippen molar-refractivity contribution in [1.29, 1.82) is 0 Å². The fourth-order valence-corrected chi connectivity index (χ4v) is 3.71. The molecular formula is C25H21FN4O4. The van der Waals surface area contributed by atoms with Gasteiger partial charge in [-0.25, -0.2) is 13.8 Å². The number of carbonyl (C=O) groups is 2. The Morgan fingerprint density at radius 3 is 2.47 bits per heavy atom. The lowest BCUT2D eigenvalue weighted by molar-refractivity contribution is -0.109. The third-order valence-corrected chi connectivity index (χ3v) is 5.47. The predicted octanol–water partition coefficient (Wildman–Crippen LogP) is 2.84. The summed E-state index contributed by atoms with van der Waals surface area (Å²) in [6.45, 7) is 1.89. The van der Waals surface area contributed by atoms with Crippen LogP contribution in [0.1, 0.15) is 27.5 Å². The van der Waals surface area contributed by atoms with Crippen LogP contribution in [0.4, 0.5) is 10.1 Å². The van der Waals surface area contributed by atoms with Crippen molar-refractivity contribution in [1.82, 2.24) is 14.9 Å². The zero-order chi connectivity index (χ0) is 24.4. The maximum atomic E-state index is 14.2. The SMILES string of the molecule is CNc1cc2[nH]c(=O)n(-c3ccc(C(=O)NC(C=O)c4cccc(C)c4)cc3)c(=O)c2cc1F. The normalized spacial score (nSPS) is 11.7. The maximum Gasteiger partial charge on any atom is 0.333 e. The summed E-state index contributed by atoms with van der Waals surface area (Å²) in [5.41, 5.74) is 0.992. The summed E-state index contributed by atoms with van der Waals surface area (Å²) in [6.07, 6.45) is 0.647. The van der Waals surface area contributed by atoms with Crippen LogP contribution in [0.2, 0.25) is 0 Å². The lowest BCUT2D eigenvalue weighted by Gasteiger charge is -2.14. The highest BCUT2D eigenvalue weighted by Crippen LogP contribution is 2.19. The lowest BCUT2D eigenvalue weighted by Crippen LogP contribution is -2.34. The van der Waals surface area contributed by atoms with Crippen molar-refractivity contribution in [2.45, 2.75) is 13.0 Å². The van der Waals surface area contributed by atoms with Crippen LogP contribution in [-0.2, 0) is 4.79 Å². The van der Waals surface area contributed by atoms with Gasteiger partial charge in [0.2, 0.25) is 0 Å². The molecule has 1 unspecified atom stereocenters. The molecule has 8 nitrogen and oxygen atoms in total. The van der Waals surface area contributed by atoms with Crippen LogP contribution < -0.4 is 21.9 Å². The molecule has 1 aromatic heterocycles. The molecule has 9 heteroatoms. The Morgan fingerprint density at radius 1 is 1.09 bits per heavy atom. The van der Waals surface area contributed by atoms with E-state index < -0.39 is 29.0 Å². The Morgan fingerprint density at radius 2 is 1.82 bits per heavy atom. The number of benzene rings is 3. The van der Waals surface area contributed by atoms with Gasteiger partial charge in [0.1, 0.15) is 18.1 Å². The van der Waals surface area contributed by atoms with E-state index >= 15 is 0 Å². The van der Waals surface area contributed by atoms with Gasteiger partial charge in [-0.1, -0.05) is 29.8 Å². The number of fused-ring (bicyclic) bond motifs is 1. The van der Waals surface area contributed by atoms with E-state index in [1.54, 1.807) is 12.1 Å². The van der Waals surface area contributed by atoms with Crippen molar-refractivity contribution in [2.75, 3.05) is 12.4 Å². The van der Waals surface area contributed by atoms with Gasteiger partial charge in [-0.2, -0.15) is 0 Å². The minimum Gasteiger partial charge on any atom is -0.386 e. The van der Waals surface area contributed by atoms with E-state index in [-0.39, 0.29) is 27.8 Å². The predicted molar refractivity (Wildman–Crippen MR) is 127 cm³/mol. The van der Waals surface area contributed by atoms with Crippen LogP contribution in [0, 0.1) is 12.7 Å². The number of halogens is 1. The standard InChI is InChI=1S/C25H21FN4O4/c1-14-4-3-5-16(10-14)22(13-31)28-23(32)15-6-8-17(9-7-15)30-24(33)18-11-19(26)21(27-2)12-20(18)29-25(30)34/h3-13,22,27H,1-2H3,(H,28,32)(H,29,34). The monoisotopic (exact) mass is 460 g/mol. The fourth-order valence-electron chi connectivity index (χ4n) is 3.71. The van der Waals surface area contributed by atoms with E-state index in [9.17, 15) is 23.6 Å². The van der Waals surface area contributed by atoms with Crippen molar-refractivity contribution >= 4 is 28.8 Å². The summed E-state index contributed by atoms with van der Waals surface area (Å²) in [5, 5.41) is 5.32. The van der Waals surface area contributed by atoms with Crippen LogP contribution >= 0.6 is 0 Å². The molecule has 0 radical (unpaired) electrons. The van der Waals surface area contributed by atoms with E-state index in [2.05, 4.69) is 15.6 Å². The largest absolute Gasteiger partial charge is 0.386 e. The van der Waals surface area contributed by atoms with Crippen molar-refractivity contribution < 1.29 is 14.0 Å². The van der Waals surface area contributed by atoms with Gasteiger partial charge in [0, 0.05) is 12.6 Å². The van der Waals surface area contributed by atoms with Gasteiger partial charge in [-0.15, -0.1) is 0 Å². The van der Waals surface area contributed by atoms with Crippen LogP contribution in [-0.4, -0.2) is 28.8 Å². The molecule has 34 heavy (non-hydrogen) atoms. The first kappa shape index (κ1) is 22.7. The molecule has 0 aliphatic heterocycles. The first-order valence-electron chi connectivity index (χ1n) is 10.4. The molecule has 0 spiro atoms. The molecule has 0 aliphatic carbocycles. The Hall–Kier alpha value is -4.53. The molecule has 3 N–H and O–H groups in total. The summed E-state index contributed by atoms with van der Waals surface area (Å²) in [4.78, 5) is 52.3. The second-order valence-corrected chi connectivity index (χ2v) is 7.75. The molecule has 3 aromatic carbocycles. The molecule has 4 rings (SSSR count). The van der Waals surface area contributed by atoms with Crippen LogP contribution in [0.5, 0.6) is 0 Å². The molecule has 4 aromatic rings. The minimum atomic E-state index is -0.824. The van der Waals surface area contributed by atoms with Gasteiger partial charge < -0.3 is 20.4 Å². The van der Waals surface area contributed by atoms with Crippen molar-refractivity contribution in [3.63, 3.8) is 0 Å². The molecule has 0 saturated carbocycles. The maximum absolute atomic E-state index is 14.2. The topological polar surface area (TPSA) is 113 Å². The number of hydrogen-bond donors (Lipinski definition) is 3. The Kier molecular flexibility index (Phi) is 6.09. The number of H-pyrrole nitrogens is 1. The van der Waals surface area contributed by atoms with E-state index in [1.807, 2.05) is 19.1 Å². The Balaban J connectivity index is 1.65. The van der Waals surface area contributed by atoms with Gasteiger partial charge in [0.25, 0.3) is 11.5 Å². The van der Waals surface area contributed by atoms with Crippen molar-refractivity contribution in [3.05, 3.63) is 104 Å². The van der Waals surface area contributed by atoms with Gasteiger partial charge in [0.15, 0.2) is 0 Å². The van der Waals surface area contributed by atoms with Gasteiger partial charge >= 0.3 is 5.69 Å². The zero-order valence-corrected chi connectivity index (χ0v) is 18.4. The summed E-state index contributed by atoms with van der Waals surface area (Å²) >= 11 is 0. The molecule has 0 fully saturated rings. The highest BCUT2D eigenvalue weighted by Gasteiger charge is 2.17. The molecule has 0 bridgehead atoms. The molecule has 172 valence electrons. The smallest absolute Gasteiger partial charge is 0.333 e. The number of anilines is 1. The fraction of sp³-hybridized carbons (Fsp3) is 0.120. The number of aromatic nitrogens is 2. The van der Waals surface area contributed by atoms with Crippen LogP contribution in [0.15, 0.2) is 70.3 Å². The van der Waals surface area contributed by atoms with Crippen molar-refractivity contribution in [3.8, 4) is 5.69 Å². The van der Waals surface area contributed by atoms with E-state index in [0.29, 0.717) is 11.8 Å². The first-order valence-corrected chi connectivity index (χ1v) is 10.4. The number of aldehydes is 1. The lowest BCUT2D eigenvalue weighted by atomic mass is 10.0. The third-order valence-electron chi connectivity index (χ3n) is 5.47. The van der Waals surface area contributed by atoms with E-state index in [4.69, 9.17) is 0 Å². The number of amides is 1. The first-order chi connectivity index (χ1) is 16.3. The Labute approximate surface area is 193 Å². The van der Waals surface area contributed by atoms with Gasteiger partial charge in [-0.05, 0) is 48.9 Å². The van der Waals surface area contributed by atoms with Crippen LogP contribution in [0.25, 0.3) is 16.6 Å². The number of rotatable bonds is 6. The second kappa shape index (κ2) is 9.14. The third kappa shape index (κ3) is 4.23. The number of carbonyl (C=O) groups excluding carboxylic acids is 2. The number of aryl methyl sites for hydroxylation is 1.